The number of nitrogen functional groups attached to an aromatic ring is 1. The van der Waals surface area contributed by atoms with Crippen molar-refractivity contribution in [2.24, 2.45) is 0 Å². The van der Waals surface area contributed by atoms with Crippen molar-refractivity contribution in [3.8, 4) is 0 Å². The monoisotopic (exact) mass is 328 g/mol. The van der Waals surface area contributed by atoms with E-state index < -0.39 is 0 Å². The highest BCUT2D eigenvalue weighted by Crippen LogP contribution is 2.26. The molecule has 2 aromatic carbocycles. The van der Waals surface area contributed by atoms with Crippen LogP contribution in [0.15, 0.2) is 47.4 Å². The van der Waals surface area contributed by atoms with E-state index in [0.29, 0.717) is 11.4 Å². The summed E-state index contributed by atoms with van der Waals surface area (Å²) in [5.41, 5.74) is 9.63. The van der Waals surface area contributed by atoms with Crippen LogP contribution >= 0.6 is 11.8 Å². The summed E-state index contributed by atoms with van der Waals surface area (Å²) in [5, 5.41) is 2.92. The number of hydrogen-bond acceptors (Lipinski definition) is 3. The average Bonchev–Trinajstić information content (AvgIpc) is 2.48. The summed E-state index contributed by atoms with van der Waals surface area (Å²) in [6, 6.07) is 13.9. The molecule has 0 heterocycles. The molecule has 0 aromatic heterocycles. The molecule has 0 fully saturated rings. The van der Waals surface area contributed by atoms with Crippen LogP contribution in [0.5, 0.6) is 0 Å². The molecular weight excluding hydrogens is 304 g/mol. The van der Waals surface area contributed by atoms with Gasteiger partial charge in [-0.05, 0) is 47.7 Å². The van der Waals surface area contributed by atoms with Gasteiger partial charge in [-0.25, -0.2) is 0 Å². The number of rotatable bonds is 4. The molecule has 0 atom stereocenters. The van der Waals surface area contributed by atoms with Crippen LogP contribution < -0.4 is 11.1 Å². The minimum absolute atomic E-state index is 0.0244. The first kappa shape index (κ1) is 17.4. The second-order valence-corrected chi connectivity index (χ2v) is 7.73. The molecule has 1 amide bonds. The molecule has 3 N–H and O–H groups in total. The number of carbonyl (C=O) groups is 1. The first-order chi connectivity index (χ1) is 10.8. The van der Waals surface area contributed by atoms with Gasteiger partial charge in [-0.3, -0.25) is 4.79 Å². The van der Waals surface area contributed by atoms with E-state index in [2.05, 4.69) is 50.4 Å². The van der Waals surface area contributed by atoms with E-state index in [1.165, 1.54) is 17.3 Å². The molecule has 0 saturated carbocycles. The molecule has 0 saturated heterocycles. The van der Waals surface area contributed by atoms with Crippen molar-refractivity contribution in [2.75, 3.05) is 16.8 Å². The van der Waals surface area contributed by atoms with Gasteiger partial charge in [0.15, 0.2) is 0 Å². The molecule has 0 aliphatic carbocycles. The Morgan fingerprint density at radius 3 is 2.39 bits per heavy atom. The third-order valence-electron chi connectivity index (χ3n) is 3.63. The minimum atomic E-state index is -0.0244. The van der Waals surface area contributed by atoms with E-state index in [1.54, 1.807) is 6.07 Å². The second-order valence-electron chi connectivity index (χ2n) is 6.69. The van der Waals surface area contributed by atoms with E-state index in [4.69, 9.17) is 5.73 Å². The lowest BCUT2D eigenvalue weighted by atomic mass is 9.87. The number of thioether (sulfide) groups is 1. The Morgan fingerprint density at radius 2 is 1.78 bits per heavy atom. The minimum Gasteiger partial charge on any atom is -0.399 e. The van der Waals surface area contributed by atoms with Crippen LogP contribution in [0.25, 0.3) is 0 Å². The lowest BCUT2D eigenvalue weighted by Gasteiger charge is -2.19. The second kappa shape index (κ2) is 7.09. The van der Waals surface area contributed by atoms with E-state index in [1.807, 2.05) is 19.1 Å². The van der Waals surface area contributed by atoms with Gasteiger partial charge in [0, 0.05) is 16.3 Å². The topological polar surface area (TPSA) is 55.1 Å². The molecule has 0 aliphatic heterocycles. The van der Waals surface area contributed by atoms with Crippen LogP contribution in [0, 0.1) is 6.92 Å². The van der Waals surface area contributed by atoms with Gasteiger partial charge in [0.2, 0.25) is 5.91 Å². The maximum Gasteiger partial charge on any atom is 0.234 e. The standard InChI is InChI=1S/C19H24N2OS/c1-13-5-8-15(20)11-17(13)21-18(22)12-23-16-9-6-14(7-10-16)19(2,3)4/h5-11H,12,20H2,1-4H3,(H,21,22). The van der Waals surface area contributed by atoms with Gasteiger partial charge in [-0.2, -0.15) is 0 Å². The van der Waals surface area contributed by atoms with Crippen molar-refractivity contribution in [2.45, 2.75) is 38.0 Å². The quantitative estimate of drug-likeness (QED) is 0.637. The Kier molecular flexibility index (Phi) is 5.37. The van der Waals surface area contributed by atoms with Gasteiger partial charge < -0.3 is 11.1 Å². The maximum atomic E-state index is 12.1. The maximum absolute atomic E-state index is 12.1. The first-order valence-corrected chi connectivity index (χ1v) is 8.63. The molecule has 4 heteroatoms. The third kappa shape index (κ3) is 5.03. The number of hydrogen-bond donors (Lipinski definition) is 2. The lowest BCUT2D eigenvalue weighted by Crippen LogP contribution is -2.15. The summed E-state index contributed by atoms with van der Waals surface area (Å²) in [6.45, 7) is 8.52. The summed E-state index contributed by atoms with van der Waals surface area (Å²) >= 11 is 1.53. The highest BCUT2D eigenvalue weighted by molar-refractivity contribution is 8.00. The van der Waals surface area contributed by atoms with Crippen molar-refractivity contribution in [3.63, 3.8) is 0 Å². The average molecular weight is 328 g/mol. The van der Waals surface area contributed by atoms with Crippen LogP contribution in [-0.4, -0.2) is 11.7 Å². The van der Waals surface area contributed by atoms with E-state index in [-0.39, 0.29) is 11.3 Å². The molecule has 0 aliphatic rings. The lowest BCUT2D eigenvalue weighted by molar-refractivity contribution is -0.113. The van der Waals surface area contributed by atoms with Crippen LogP contribution in [-0.2, 0) is 10.2 Å². The van der Waals surface area contributed by atoms with Crippen molar-refractivity contribution in [1.82, 2.24) is 0 Å². The van der Waals surface area contributed by atoms with Gasteiger partial charge in [-0.1, -0.05) is 39.0 Å². The fraction of sp³-hybridized carbons (Fsp3) is 0.316. The van der Waals surface area contributed by atoms with E-state index in [9.17, 15) is 4.79 Å². The third-order valence-corrected chi connectivity index (χ3v) is 4.64. The van der Waals surface area contributed by atoms with Gasteiger partial charge >= 0.3 is 0 Å². The molecular formula is C19H24N2OS. The molecule has 23 heavy (non-hydrogen) atoms. The Hall–Kier alpha value is -1.94. The molecule has 0 radical (unpaired) electrons. The zero-order chi connectivity index (χ0) is 17.0. The number of anilines is 2. The van der Waals surface area contributed by atoms with E-state index in [0.717, 1.165) is 16.1 Å². The highest BCUT2D eigenvalue weighted by atomic mass is 32.2. The van der Waals surface area contributed by atoms with E-state index >= 15 is 0 Å². The Labute approximate surface area is 142 Å². The van der Waals surface area contributed by atoms with Gasteiger partial charge in [0.05, 0.1) is 5.75 Å². The molecule has 3 nitrogen and oxygen atoms in total. The normalized spacial score (nSPS) is 11.3. The predicted molar refractivity (Wildman–Crippen MR) is 100 cm³/mol. The van der Waals surface area contributed by atoms with Crippen LogP contribution in [0.3, 0.4) is 0 Å². The zero-order valence-electron chi connectivity index (χ0n) is 14.1. The summed E-state index contributed by atoms with van der Waals surface area (Å²) in [4.78, 5) is 13.2. The Morgan fingerprint density at radius 1 is 1.13 bits per heavy atom. The largest absolute Gasteiger partial charge is 0.399 e. The fourth-order valence-corrected chi connectivity index (χ4v) is 2.86. The fourth-order valence-electron chi connectivity index (χ4n) is 2.16. The number of nitrogens with two attached hydrogens (primary N) is 1. The van der Waals surface area contributed by atoms with Crippen molar-refractivity contribution in [1.29, 1.82) is 0 Å². The zero-order valence-corrected chi connectivity index (χ0v) is 15.0. The molecule has 0 spiro atoms. The van der Waals surface area contributed by atoms with Crippen molar-refractivity contribution < 1.29 is 4.79 Å². The predicted octanol–water partition coefficient (Wildman–Crippen LogP) is 4.61. The summed E-state index contributed by atoms with van der Waals surface area (Å²) in [6.07, 6.45) is 0. The number of nitrogens with one attached hydrogen (secondary N) is 1. The summed E-state index contributed by atoms with van der Waals surface area (Å²) in [7, 11) is 0. The van der Waals surface area contributed by atoms with Crippen LogP contribution in [0.2, 0.25) is 0 Å². The Bertz CT molecular complexity index is 688. The summed E-state index contributed by atoms with van der Waals surface area (Å²) < 4.78 is 0. The number of carbonyl (C=O) groups excluding carboxylic acids is 1. The Balaban J connectivity index is 1.93. The number of amides is 1. The van der Waals surface area contributed by atoms with Gasteiger partial charge in [0.1, 0.15) is 0 Å². The van der Waals surface area contributed by atoms with Gasteiger partial charge in [0.25, 0.3) is 0 Å². The van der Waals surface area contributed by atoms with Crippen molar-refractivity contribution in [3.05, 3.63) is 53.6 Å². The first-order valence-electron chi connectivity index (χ1n) is 7.65. The van der Waals surface area contributed by atoms with Crippen LogP contribution in [0.4, 0.5) is 11.4 Å². The SMILES string of the molecule is Cc1ccc(N)cc1NC(=O)CSc1ccc(C(C)(C)C)cc1. The summed E-state index contributed by atoms with van der Waals surface area (Å²) in [5.74, 6) is 0.354. The van der Waals surface area contributed by atoms with Crippen LogP contribution in [0.1, 0.15) is 31.9 Å². The molecule has 0 unspecified atom stereocenters. The molecule has 2 aromatic rings. The highest BCUT2D eigenvalue weighted by Gasteiger charge is 2.13. The van der Waals surface area contributed by atoms with Crippen molar-refractivity contribution >= 4 is 29.0 Å². The number of aryl methyl sites for hydroxylation is 1. The molecule has 122 valence electrons. The van der Waals surface area contributed by atoms with Gasteiger partial charge in [-0.15, -0.1) is 11.8 Å². The smallest absolute Gasteiger partial charge is 0.234 e. The molecule has 2 rings (SSSR count). The number of benzene rings is 2. The molecule has 0 bridgehead atoms.